The molecule has 0 bridgehead atoms. The summed E-state index contributed by atoms with van der Waals surface area (Å²) >= 11 is 0. The number of aryl methyl sites for hydroxylation is 1. The van der Waals surface area contributed by atoms with Gasteiger partial charge < -0.3 is 9.47 Å². The van der Waals surface area contributed by atoms with Gasteiger partial charge in [-0.3, -0.25) is 10.1 Å². The summed E-state index contributed by atoms with van der Waals surface area (Å²) in [6.07, 6.45) is 0. The second-order valence-electron chi connectivity index (χ2n) is 5.94. The summed E-state index contributed by atoms with van der Waals surface area (Å²) in [7, 11) is -2.45. The molecule has 0 spiro atoms. The normalized spacial score (nSPS) is 13.7. The van der Waals surface area contributed by atoms with Crippen molar-refractivity contribution in [3.05, 3.63) is 57.6 Å². The largest absolute Gasteiger partial charge is 0.486 e. The number of fused-ring (bicyclic) bond motifs is 1. The summed E-state index contributed by atoms with van der Waals surface area (Å²) in [6.45, 7) is 2.58. The molecule has 2 aromatic carbocycles. The summed E-state index contributed by atoms with van der Waals surface area (Å²) in [5.74, 6) is 1.20. The monoisotopic (exact) mass is 378 g/mol. The van der Waals surface area contributed by atoms with Crippen LogP contribution < -0.4 is 9.47 Å². The highest BCUT2D eigenvalue weighted by Crippen LogP contribution is 2.31. The Bertz CT molecular complexity index is 958. The van der Waals surface area contributed by atoms with Gasteiger partial charge in [0.25, 0.3) is 5.69 Å². The molecular formula is C17H18N2O6S. The van der Waals surface area contributed by atoms with Gasteiger partial charge in [0.05, 0.1) is 9.82 Å². The van der Waals surface area contributed by atoms with Crippen molar-refractivity contribution in [1.29, 1.82) is 0 Å². The van der Waals surface area contributed by atoms with Gasteiger partial charge in [0.2, 0.25) is 10.0 Å². The molecule has 0 amide bonds. The SMILES string of the molecule is Cc1ccc(S(=O)(=O)N(C)Cc2ccc3c(c2)OCCO3)cc1[N+](=O)[O-]. The molecule has 9 heteroatoms. The molecule has 0 radical (unpaired) electrons. The van der Waals surface area contributed by atoms with Crippen LogP contribution in [0, 0.1) is 17.0 Å². The van der Waals surface area contributed by atoms with Crippen LogP contribution in [0.1, 0.15) is 11.1 Å². The van der Waals surface area contributed by atoms with Gasteiger partial charge in [0.15, 0.2) is 11.5 Å². The van der Waals surface area contributed by atoms with E-state index in [-0.39, 0.29) is 17.1 Å². The molecule has 0 unspecified atom stereocenters. The predicted molar refractivity (Wildman–Crippen MR) is 93.9 cm³/mol. The maximum Gasteiger partial charge on any atom is 0.273 e. The Hall–Kier alpha value is -2.65. The number of hydrogen-bond donors (Lipinski definition) is 0. The Balaban J connectivity index is 1.86. The molecule has 8 nitrogen and oxygen atoms in total. The topological polar surface area (TPSA) is 99.0 Å². The van der Waals surface area contributed by atoms with Crippen molar-refractivity contribution in [3.8, 4) is 11.5 Å². The lowest BCUT2D eigenvalue weighted by Gasteiger charge is -2.21. The van der Waals surface area contributed by atoms with Gasteiger partial charge in [-0.15, -0.1) is 0 Å². The van der Waals surface area contributed by atoms with Crippen LogP contribution in [0.4, 0.5) is 5.69 Å². The number of nitrogens with zero attached hydrogens (tertiary/aromatic N) is 2. The third-order valence-corrected chi connectivity index (χ3v) is 5.90. The molecule has 26 heavy (non-hydrogen) atoms. The molecule has 138 valence electrons. The third kappa shape index (κ3) is 3.49. The highest BCUT2D eigenvalue weighted by molar-refractivity contribution is 7.89. The van der Waals surface area contributed by atoms with E-state index in [1.807, 2.05) is 0 Å². The molecule has 0 N–H and O–H groups in total. The minimum absolute atomic E-state index is 0.0979. The minimum Gasteiger partial charge on any atom is -0.486 e. The minimum atomic E-state index is -3.87. The number of ether oxygens (including phenoxy) is 2. The Morgan fingerprint density at radius 3 is 2.50 bits per heavy atom. The highest BCUT2D eigenvalue weighted by Gasteiger charge is 2.25. The average Bonchev–Trinajstić information content (AvgIpc) is 2.61. The van der Waals surface area contributed by atoms with E-state index in [9.17, 15) is 18.5 Å². The van der Waals surface area contributed by atoms with E-state index in [4.69, 9.17) is 9.47 Å². The van der Waals surface area contributed by atoms with Crippen LogP contribution in [0.2, 0.25) is 0 Å². The molecule has 0 saturated carbocycles. The van der Waals surface area contributed by atoms with Crippen LogP contribution in [-0.4, -0.2) is 37.9 Å². The molecule has 0 atom stereocenters. The van der Waals surface area contributed by atoms with Crippen LogP contribution in [0.5, 0.6) is 11.5 Å². The first-order valence-electron chi connectivity index (χ1n) is 7.89. The van der Waals surface area contributed by atoms with Crippen molar-refractivity contribution in [3.63, 3.8) is 0 Å². The van der Waals surface area contributed by atoms with Gasteiger partial charge in [-0.1, -0.05) is 12.1 Å². The van der Waals surface area contributed by atoms with Crippen LogP contribution in [-0.2, 0) is 16.6 Å². The van der Waals surface area contributed by atoms with E-state index in [0.29, 0.717) is 30.3 Å². The summed E-state index contributed by atoms with van der Waals surface area (Å²) in [5, 5.41) is 11.1. The molecule has 0 aromatic heterocycles. The Labute approximate surface area is 151 Å². The molecule has 1 heterocycles. The lowest BCUT2D eigenvalue weighted by molar-refractivity contribution is -0.385. The molecule has 0 aliphatic carbocycles. The van der Waals surface area contributed by atoms with E-state index in [1.54, 1.807) is 25.1 Å². The molecule has 2 aromatic rings. The first-order chi connectivity index (χ1) is 12.3. The van der Waals surface area contributed by atoms with Gasteiger partial charge in [-0.2, -0.15) is 4.31 Å². The first kappa shape index (κ1) is 18.2. The van der Waals surface area contributed by atoms with Crippen molar-refractivity contribution in [1.82, 2.24) is 4.31 Å². The van der Waals surface area contributed by atoms with Crippen molar-refractivity contribution >= 4 is 15.7 Å². The second-order valence-corrected chi connectivity index (χ2v) is 7.99. The number of nitro benzene ring substituents is 1. The standard InChI is InChI=1S/C17H18N2O6S/c1-12-3-5-14(10-15(12)19(20)21)26(22,23)18(2)11-13-4-6-16-17(9-13)25-8-7-24-16/h3-6,9-10H,7-8,11H2,1-2H3. The van der Waals surface area contributed by atoms with E-state index in [2.05, 4.69) is 0 Å². The molecular weight excluding hydrogens is 360 g/mol. The smallest absolute Gasteiger partial charge is 0.273 e. The average molecular weight is 378 g/mol. The molecule has 0 fully saturated rings. The van der Waals surface area contributed by atoms with Crippen molar-refractivity contribution in [2.75, 3.05) is 20.3 Å². The Kier molecular flexibility index (Phi) is 4.84. The Morgan fingerprint density at radius 1 is 1.12 bits per heavy atom. The second kappa shape index (κ2) is 6.93. The summed E-state index contributed by atoms with van der Waals surface area (Å²) in [5.41, 5.74) is 0.907. The quantitative estimate of drug-likeness (QED) is 0.585. The van der Waals surface area contributed by atoms with E-state index >= 15 is 0 Å². The maximum atomic E-state index is 12.8. The first-order valence-corrected chi connectivity index (χ1v) is 9.33. The van der Waals surface area contributed by atoms with E-state index in [0.717, 1.165) is 15.9 Å². The number of rotatable bonds is 5. The number of nitro groups is 1. The van der Waals surface area contributed by atoms with Crippen LogP contribution in [0.3, 0.4) is 0 Å². The van der Waals surface area contributed by atoms with Crippen molar-refractivity contribution < 1.29 is 22.8 Å². The fourth-order valence-corrected chi connectivity index (χ4v) is 3.83. The van der Waals surface area contributed by atoms with Gasteiger partial charge in [0, 0.05) is 25.2 Å². The lowest BCUT2D eigenvalue weighted by Crippen LogP contribution is -2.26. The fourth-order valence-electron chi connectivity index (χ4n) is 2.65. The van der Waals surface area contributed by atoms with E-state index < -0.39 is 14.9 Å². The molecule has 1 aliphatic rings. The zero-order valence-corrected chi connectivity index (χ0v) is 15.2. The molecule has 0 saturated heterocycles. The number of benzene rings is 2. The van der Waals surface area contributed by atoms with Crippen LogP contribution >= 0.6 is 0 Å². The molecule has 1 aliphatic heterocycles. The van der Waals surface area contributed by atoms with Crippen molar-refractivity contribution in [2.24, 2.45) is 0 Å². The summed E-state index contributed by atoms with van der Waals surface area (Å²) < 4.78 is 37.6. The fraction of sp³-hybridized carbons (Fsp3) is 0.294. The summed E-state index contributed by atoms with van der Waals surface area (Å²) in [6, 6.07) is 9.13. The zero-order chi connectivity index (χ0) is 18.9. The Morgan fingerprint density at radius 2 is 1.81 bits per heavy atom. The number of hydrogen-bond acceptors (Lipinski definition) is 6. The third-order valence-electron chi connectivity index (χ3n) is 4.10. The van der Waals surface area contributed by atoms with Gasteiger partial charge in [-0.05, 0) is 30.7 Å². The molecule has 3 rings (SSSR count). The van der Waals surface area contributed by atoms with Crippen LogP contribution in [0.25, 0.3) is 0 Å². The van der Waals surface area contributed by atoms with Gasteiger partial charge in [0.1, 0.15) is 13.2 Å². The van der Waals surface area contributed by atoms with Crippen LogP contribution in [0.15, 0.2) is 41.3 Å². The van der Waals surface area contributed by atoms with Gasteiger partial charge >= 0.3 is 0 Å². The zero-order valence-electron chi connectivity index (χ0n) is 14.3. The maximum absolute atomic E-state index is 12.8. The lowest BCUT2D eigenvalue weighted by atomic mass is 10.2. The predicted octanol–water partition coefficient (Wildman–Crippen LogP) is 2.50. The summed E-state index contributed by atoms with van der Waals surface area (Å²) in [4.78, 5) is 10.4. The number of sulfonamides is 1. The van der Waals surface area contributed by atoms with Gasteiger partial charge in [-0.25, -0.2) is 8.42 Å². The van der Waals surface area contributed by atoms with E-state index in [1.165, 1.54) is 19.2 Å². The van der Waals surface area contributed by atoms with Crippen molar-refractivity contribution in [2.45, 2.75) is 18.4 Å². The highest BCUT2D eigenvalue weighted by atomic mass is 32.2.